The minimum absolute atomic E-state index is 0.0853. The average molecular weight is 345 g/mol. The van der Waals surface area contributed by atoms with Gasteiger partial charge in [-0.1, -0.05) is 33.6 Å². The summed E-state index contributed by atoms with van der Waals surface area (Å²) in [6, 6.07) is 6.03. The van der Waals surface area contributed by atoms with Gasteiger partial charge in [-0.15, -0.1) is 0 Å². The van der Waals surface area contributed by atoms with Gasteiger partial charge in [0.1, 0.15) is 0 Å². The molecule has 0 aromatic heterocycles. The molecule has 1 aliphatic rings. The summed E-state index contributed by atoms with van der Waals surface area (Å²) in [5.41, 5.74) is 1.72. The van der Waals surface area contributed by atoms with E-state index >= 15 is 0 Å². The number of rotatable bonds is 4. The Morgan fingerprint density at radius 2 is 2.32 bits per heavy atom. The first-order valence-electron chi connectivity index (χ1n) is 6.76. The first-order valence-corrected chi connectivity index (χ1v) is 8.26. The van der Waals surface area contributed by atoms with Gasteiger partial charge in [0.05, 0.1) is 10.6 Å². The smallest absolute Gasteiger partial charge is 0.255 e. The number of nitrogens with zero attached hydrogens (tertiary/aromatic N) is 1. The maximum atomic E-state index is 12.6. The molecule has 4 heteroatoms. The third kappa shape index (κ3) is 3.51. The first kappa shape index (κ1) is 14.9. The van der Waals surface area contributed by atoms with Crippen LogP contribution in [0, 0.1) is 6.92 Å². The highest BCUT2D eigenvalue weighted by molar-refractivity contribution is 9.09. The highest BCUT2D eigenvalue weighted by atomic mass is 79.9. The molecule has 1 unspecified atom stereocenters. The molecule has 0 N–H and O–H groups in total. The Bertz CT molecular complexity index is 463. The molecule has 0 spiro atoms. The maximum absolute atomic E-state index is 12.6. The van der Waals surface area contributed by atoms with Gasteiger partial charge < -0.3 is 4.90 Å². The molecule has 2 nitrogen and oxygen atoms in total. The predicted molar refractivity (Wildman–Crippen MR) is 83.3 cm³/mol. The molecule has 1 amide bonds. The van der Waals surface area contributed by atoms with Crippen LogP contribution < -0.4 is 0 Å². The van der Waals surface area contributed by atoms with Crippen molar-refractivity contribution in [3.05, 3.63) is 34.3 Å². The number of alkyl halides is 1. The van der Waals surface area contributed by atoms with E-state index in [1.165, 1.54) is 0 Å². The largest absolute Gasteiger partial charge is 0.336 e. The van der Waals surface area contributed by atoms with Crippen molar-refractivity contribution in [2.45, 2.75) is 38.6 Å². The Kier molecular flexibility index (Phi) is 5.28. The van der Waals surface area contributed by atoms with E-state index in [1.807, 2.05) is 30.0 Å². The van der Waals surface area contributed by atoms with E-state index in [-0.39, 0.29) is 5.91 Å². The van der Waals surface area contributed by atoms with Crippen LogP contribution in [0.3, 0.4) is 0 Å². The van der Waals surface area contributed by atoms with Crippen LogP contribution in [0.25, 0.3) is 0 Å². The minimum atomic E-state index is 0.0853. The van der Waals surface area contributed by atoms with Gasteiger partial charge in [-0.3, -0.25) is 4.79 Å². The molecular weight excluding hydrogens is 326 g/mol. The van der Waals surface area contributed by atoms with Crippen LogP contribution in [0.15, 0.2) is 18.2 Å². The van der Waals surface area contributed by atoms with Crippen LogP contribution in [0.2, 0.25) is 5.02 Å². The lowest BCUT2D eigenvalue weighted by atomic mass is 10.1. The Morgan fingerprint density at radius 3 is 3.00 bits per heavy atom. The van der Waals surface area contributed by atoms with Crippen LogP contribution in [0.4, 0.5) is 0 Å². The molecule has 1 saturated heterocycles. The standard InChI is InChI=1S/C15H19BrClNO/c1-11-6-7-13(14(17)10-11)15(19)18-9-3-5-12(18)4-2-8-16/h6-7,10,12H,2-5,8-9H2,1H3. The molecular formula is C15H19BrClNO. The average Bonchev–Trinajstić information content (AvgIpc) is 2.83. The van der Waals surface area contributed by atoms with Gasteiger partial charge in [-0.25, -0.2) is 0 Å². The molecule has 0 aliphatic carbocycles. The molecule has 104 valence electrons. The normalized spacial score (nSPS) is 18.9. The van der Waals surface area contributed by atoms with Crippen molar-refractivity contribution in [3.63, 3.8) is 0 Å². The highest BCUT2D eigenvalue weighted by Crippen LogP contribution is 2.26. The highest BCUT2D eigenvalue weighted by Gasteiger charge is 2.29. The molecule has 1 atom stereocenters. The van der Waals surface area contributed by atoms with Gasteiger partial charge in [0.25, 0.3) is 5.91 Å². The van der Waals surface area contributed by atoms with Crippen molar-refractivity contribution in [3.8, 4) is 0 Å². The molecule has 1 heterocycles. The minimum Gasteiger partial charge on any atom is -0.336 e. The zero-order valence-corrected chi connectivity index (χ0v) is 13.5. The van der Waals surface area contributed by atoms with Gasteiger partial charge in [0.15, 0.2) is 0 Å². The fourth-order valence-electron chi connectivity index (χ4n) is 2.66. The van der Waals surface area contributed by atoms with E-state index in [0.29, 0.717) is 16.6 Å². The molecule has 1 aromatic rings. The SMILES string of the molecule is Cc1ccc(C(=O)N2CCCC2CCCBr)c(Cl)c1. The van der Waals surface area contributed by atoms with E-state index in [4.69, 9.17) is 11.6 Å². The second kappa shape index (κ2) is 6.76. The third-order valence-corrected chi connectivity index (χ3v) is 4.54. The van der Waals surface area contributed by atoms with Gasteiger partial charge in [-0.05, 0) is 50.3 Å². The van der Waals surface area contributed by atoms with Crippen molar-refractivity contribution in [2.24, 2.45) is 0 Å². The Hall–Kier alpha value is -0.540. The van der Waals surface area contributed by atoms with Crippen LogP contribution in [-0.2, 0) is 0 Å². The summed E-state index contributed by atoms with van der Waals surface area (Å²) in [6.45, 7) is 2.84. The monoisotopic (exact) mass is 343 g/mol. The molecule has 0 saturated carbocycles. The maximum Gasteiger partial charge on any atom is 0.255 e. The summed E-state index contributed by atoms with van der Waals surface area (Å²) in [6.07, 6.45) is 4.39. The lowest BCUT2D eigenvalue weighted by Gasteiger charge is -2.25. The van der Waals surface area contributed by atoms with Crippen molar-refractivity contribution < 1.29 is 4.79 Å². The number of hydrogen-bond donors (Lipinski definition) is 0. The summed E-state index contributed by atoms with van der Waals surface area (Å²) < 4.78 is 0. The summed E-state index contributed by atoms with van der Waals surface area (Å²) >= 11 is 9.65. The van der Waals surface area contributed by atoms with Crippen LogP contribution in [0.1, 0.15) is 41.6 Å². The van der Waals surface area contributed by atoms with Gasteiger partial charge in [-0.2, -0.15) is 0 Å². The fourth-order valence-corrected chi connectivity index (χ4v) is 3.30. The molecule has 1 fully saturated rings. The van der Waals surface area contributed by atoms with E-state index in [0.717, 1.165) is 43.1 Å². The van der Waals surface area contributed by atoms with Gasteiger partial charge >= 0.3 is 0 Å². The van der Waals surface area contributed by atoms with Crippen molar-refractivity contribution in [2.75, 3.05) is 11.9 Å². The zero-order valence-electron chi connectivity index (χ0n) is 11.2. The Morgan fingerprint density at radius 1 is 1.53 bits per heavy atom. The Labute approximate surface area is 128 Å². The fraction of sp³-hybridized carbons (Fsp3) is 0.533. The number of carbonyl (C=O) groups excluding carboxylic acids is 1. The van der Waals surface area contributed by atoms with E-state index in [1.54, 1.807) is 0 Å². The Balaban J connectivity index is 2.13. The number of benzene rings is 1. The number of amides is 1. The van der Waals surface area contributed by atoms with Crippen LogP contribution in [0.5, 0.6) is 0 Å². The van der Waals surface area contributed by atoms with E-state index in [9.17, 15) is 4.79 Å². The number of carbonyl (C=O) groups is 1. The lowest BCUT2D eigenvalue weighted by Crippen LogP contribution is -2.35. The van der Waals surface area contributed by atoms with Crippen molar-refractivity contribution in [1.82, 2.24) is 4.90 Å². The van der Waals surface area contributed by atoms with E-state index < -0.39 is 0 Å². The van der Waals surface area contributed by atoms with Gasteiger partial charge in [0, 0.05) is 17.9 Å². The molecule has 0 bridgehead atoms. The summed E-state index contributed by atoms with van der Waals surface area (Å²) in [7, 11) is 0. The predicted octanol–water partition coefficient (Wildman–Crippen LogP) is 4.43. The summed E-state index contributed by atoms with van der Waals surface area (Å²) in [4.78, 5) is 14.6. The van der Waals surface area contributed by atoms with E-state index in [2.05, 4.69) is 15.9 Å². The number of aryl methyl sites for hydroxylation is 1. The summed E-state index contributed by atoms with van der Waals surface area (Å²) in [5.74, 6) is 0.0853. The third-order valence-electron chi connectivity index (χ3n) is 3.66. The number of halogens is 2. The van der Waals surface area contributed by atoms with Crippen LogP contribution >= 0.6 is 27.5 Å². The molecule has 1 aromatic carbocycles. The van der Waals surface area contributed by atoms with Crippen molar-refractivity contribution >= 4 is 33.4 Å². The number of likely N-dealkylation sites (tertiary alicyclic amines) is 1. The first-order chi connectivity index (χ1) is 9.13. The second-order valence-corrected chi connectivity index (χ2v) is 6.31. The molecule has 19 heavy (non-hydrogen) atoms. The number of hydrogen-bond acceptors (Lipinski definition) is 1. The molecule has 1 aliphatic heterocycles. The second-order valence-electron chi connectivity index (χ2n) is 5.11. The lowest BCUT2D eigenvalue weighted by molar-refractivity contribution is 0.0730. The summed E-state index contributed by atoms with van der Waals surface area (Å²) in [5, 5.41) is 1.56. The zero-order chi connectivity index (χ0) is 13.8. The van der Waals surface area contributed by atoms with Crippen molar-refractivity contribution in [1.29, 1.82) is 0 Å². The quantitative estimate of drug-likeness (QED) is 0.740. The molecule has 2 rings (SSSR count). The van der Waals surface area contributed by atoms with Gasteiger partial charge in [0.2, 0.25) is 0 Å². The molecule has 0 radical (unpaired) electrons. The topological polar surface area (TPSA) is 20.3 Å². The van der Waals surface area contributed by atoms with Crippen LogP contribution in [-0.4, -0.2) is 28.7 Å².